The van der Waals surface area contributed by atoms with Gasteiger partial charge in [-0.1, -0.05) is 0 Å². The maximum absolute atomic E-state index is 5.39. The Bertz CT molecular complexity index is 352. The smallest absolute Gasteiger partial charge is 0.203 e. The van der Waals surface area contributed by atoms with Gasteiger partial charge in [-0.25, -0.2) is 0 Å². The van der Waals surface area contributed by atoms with Gasteiger partial charge in [0.15, 0.2) is 11.5 Å². The van der Waals surface area contributed by atoms with Gasteiger partial charge in [0.25, 0.3) is 0 Å². The molecule has 0 aliphatic carbocycles. The van der Waals surface area contributed by atoms with Crippen LogP contribution in [0.15, 0.2) is 12.1 Å². The quantitative estimate of drug-likeness (QED) is 0.832. The molecular weight excluding hydrogens is 206 g/mol. The van der Waals surface area contributed by atoms with Gasteiger partial charge in [0, 0.05) is 11.6 Å². The minimum absolute atomic E-state index is 0.190. The number of ether oxygens (including phenoxy) is 3. The Morgan fingerprint density at radius 2 is 1.62 bits per heavy atom. The van der Waals surface area contributed by atoms with Crippen LogP contribution in [0.1, 0.15) is 18.5 Å². The van der Waals surface area contributed by atoms with Gasteiger partial charge in [-0.2, -0.15) is 0 Å². The van der Waals surface area contributed by atoms with E-state index >= 15 is 0 Å². The van der Waals surface area contributed by atoms with Crippen LogP contribution in [0.25, 0.3) is 0 Å². The second-order valence-electron chi connectivity index (χ2n) is 3.43. The minimum atomic E-state index is 0.190. The Kier molecular flexibility index (Phi) is 4.43. The summed E-state index contributed by atoms with van der Waals surface area (Å²) >= 11 is 0. The van der Waals surface area contributed by atoms with Crippen molar-refractivity contribution in [3.8, 4) is 17.2 Å². The number of benzene rings is 1. The van der Waals surface area contributed by atoms with Gasteiger partial charge in [0.05, 0.1) is 21.3 Å². The second kappa shape index (κ2) is 5.61. The number of rotatable bonds is 5. The van der Waals surface area contributed by atoms with E-state index in [1.54, 1.807) is 21.3 Å². The van der Waals surface area contributed by atoms with E-state index in [9.17, 15) is 0 Å². The van der Waals surface area contributed by atoms with E-state index in [1.807, 2.05) is 19.2 Å². The molecule has 0 saturated carbocycles. The van der Waals surface area contributed by atoms with E-state index in [-0.39, 0.29) is 6.04 Å². The third kappa shape index (κ3) is 2.22. The van der Waals surface area contributed by atoms with Crippen LogP contribution in [0.5, 0.6) is 17.2 Å². The first-order valence-electron chi connectivity index (χ1n) is 5.15. The molecule has 0 aromatic heterocycles. The Labute approximate surface area is 96.5 Å². The highest BCUT2D eigenvalue weighted by atomic mass is 16.5. The molecule has 4 heteroatoms. The fourth-order valence-corrected chi connectivity index (χ4v) is 1.62. The highest BCUT2D eigenvalue weighted by Crippen LogP contribution is 2.41. The minimum Gasteiger partial charge on any atom is -0.493 e. The molecule has 0 aliphatic heterocycles. The van der Waals surface area contributed by atoms with Crippen molar-refractivity contribution in [1.82, 2.24) is 5.32 Å². The molecule has 4 nitrogen and oxygen atoms in total. The number of nitrogens with one attached hydrogen (secondary N) is 1. The van der Waals surface area contributed by atoms with Gasteiger partial charge < -0.3 is 19.5 Å². The van der Waals surface area contributed by atoms with Crippen molar-refractivity contribution in [2.24, 2.45) is 0 Å². The molecule has 0 spiro atoms. The molecule has 0 amide bonds. The monoisotopic (exact) mass is 225 g/mol. The molecule has 1 aromatic rings. The predicted octanol–water partition coefficient (Wildman–Crippen LogP) is 1.99. The summed E-state index contributed by atoms with van der Waals surface area (Å²) in [4.78, 5) is 0. The van der Waals surface area contributed by atoms with Gasteiger partial charge in [-0.15, -0.1) is 0 Å². The van der Waals surface area contributed by atoms with E-state index in [4.69, 9.17) is 14.2 Å². The first-order valence-corrected chi connectivity index (χ1v) is 5.15. The average Bonchev–Trinajstić information content (AvgIpc) is 2.35. The first-order chi connectivity index (χ1) is 7.69. The first kappa shape index (κ1) is 12.6. The van der Waals surface area contributed by atoms with Crippen LogP contribution in [-0.4, -0.2) is 28.4 Å². The van der Waals surface area contributed by atoms with Crippen molar-refractivity contribution in [3.63, 3.8) is 0 Å². The van der Waals surface area contributed by atoms with Crippen molar-refractivity contribution in [2.75, 3.05) is 28.4 Å². The lowest BCUT2D eigenvalue weighted by Gasteiger charge is -2.19. The maximum atomic E-state index is 5.39. The molecule has 0 fully saturated rings. The molecule has 0 bridgehead atoms. The van der Waals surface area contributed by atoms with Gasteiger partial charge in [0.1, 0.15) is 0 Å². The lowest BCUT2D eigenvalue weighted by atomic mass is 10.1. The largest absolute Gasteiger partial charge is 0.493 e. The molecular formula is C12H19NO3. The third-order valence-corrected chi connectivity index (χ3v) is 2.63. The molecule has 1 aromatic carbocycles. The van der Waals surface area contributed by atoms with Crippen LogP contribution in [0.3, 0.4) is 0 Å². The molecule has 0 radical (unpaired) electrons. The summed E-state index contributed by atoms with van der Waals surface area (Å²) in [6, 6.07) is 4.04. The molecule has 16 heavy (non-hydrogen) atoms. The zero-order valence-corrected chi connectivity index (χ0v) is 10.5. The summed E-state index contributed by atoms with van der Waals surface area (Å²) in [5.41, 5.74) is 1.04. The van der Waals surface area contributed by atoms with Crippen molar-refractivity contribution in [3.05, 3.63) is 17.7 Å². The summed E-state index contributed by atoms with van der Waals surface area (Å²) in [6.45, 7) is 2.06. The van der Waals surface area contributed by atoms with Gasteiger partial charge >= 0.3 is 0 Å². The van der Waals surface area contributed by atoms with Gasteiger partial charge in [0.2, 0.25) is 5.75 Å². The Hall–Kier alpha value is -1.42. The molecule has 0 heterocycles. The summed E-state index contributed by atoms with van der Waals surface area (Å²) < 4.78 is 15.9. The maximum Gasteiger partial charge on any atom is 0.203 e. The van der Waals surface area contributed by atoms with E-state index < -0.39 is 0 Å². The van der Waals surface area contributed by atoms with Crippen LogP contribution in [-0.2, 0) is 0 Å². The highest BCUT2D eigenvalue weighted by molar-refractivity contribution is 5.56. The number of hydrogen-bond donors (Lipinski definition) is 1. The Balaban J connectivity index is 3.31. The van der Waals surface area contributed by atoms with E-state index in [2.05, 4.69) is 12.2 Å². The van der Waals surface area contributed by atoms with Crippen LogP contribution in [0.2, 0.25) is 0 Å². The summed E-state index contributed by atoms with van der Waals surface area (Å²) in [6.07, 6.45) is 0. The van der Waals surface area contributed by atoms with Crippen LogP contribution in [0, 0.1) is 0 Å². The average molecular weight is 225 g/mol. The molecule has 0 saturated heterocycles. The predicted molar refractivity (Wildman–Crippen MR) is 63.6 cm³/mol. The fourth-order valence-electron chi connectivity index (χ4n) is 1.62. The normalized spacial score (nSPS) is 12.1. The Morgan fingerprint density at radius 3 is 2.06 bits per heavy atom. The zero-order chi connectivity index (χ0) is 12.1. The van der Waals surface area contributed by atoms with E-state index in [0.717, 1.165) is 5.56 Å². The lowest BCUT2D eigenvalue weighted by Crippen LogP contribution is -2.13. The molecule has 1 N–H and O–H groups in total. The van der Waals surface area contributed by atoms with Gasteiger partial charge in [-0.05, 0) is 26.1 Å². The highest BCUT2D eigenvalue weighted by Gasteiger charge is 2.18. The van der Waals surface area contributed by atoms with Crippen LogP contribution >= 0.6 is 0 Å². The standard InChI is InChI=1S/C12H19NO3/c1-8(13-2)9-6-7-10(14-3)12(16-5)11(9)15-4/h6-8,13H,1-5H3. The summed E-state index contributed by atoms with van der Waals surface area (Å²) in [5, 5.41) is 3.17. The number of hydrogen-bond acceptors (Lipinski definition) is 4. The lowest BCUT2D eigenvalue weighted by molar-refractivity contribution is 0.320. The van der Waals surface area contributed by atoms with Crippen molar-refractivity contribution in [2.45, 2.75) is 13.0 Å². The third-order valence-electron chi connectivity index (χ3n) is 2.63. The fraction of sp³-hybridized carbons (Fsp3) is 0.500. The zero-order valence-electron chi connectivity index (χ0n) is 10.5. The SMILES string of the molecule is CNC(C)c1ccc(OC)c(OC)c1OC. The van der Waals surface area contributed by atoms with Crippen LogP contribution in [0.4, 0.5) is 0 Å². The van der Waals surface area contributed by atoms with Crippen molar-refractivity contribution >= 4 is 0 Å². The molecule has 1 rings (SSSR count). The topological polar surface area (TPSA) is 39.7 Å². The molecule has 1 unspecified atom stereocenters. The molecule has 1 atom stereocenters. The van der Waals surface area contributed by atoms with Crippen molar-refractivity contribution in [1.29, 1.82) is 0 Å². The Morgan fingerprint density at radius 1 is 1.00 bits per heavy atom. The van der Waals surface area contributed by atoms with Crippen molar-refractivity contribution < 1.29 is 14.2 Å². The second-order valence-corrected chi connectivity index (χ2v) is 3.43. The van der Waals surface area contributed by atoms with E-state index in [1.165, 1.54) is 0 Å². The molecule has 0 aliphatic rings. The van der Waals surface area contributed by atoms with Crippen LogP contribution < -0.4 is 19.5 Å². The number of methoxy groups -OCH3 is 3. The summed E-state index contributed by atoms with van der Waals surface area (Å²) in [7, 11) is 6.75. The van der Waals surface area contributed by atoms with E-state index in [0.29, 0.717) is 17.2 Å². The summed E-state index contributed by atoms with van der Waals surface area (Å²) in [5.74, 6) is 2.01. The van der Waals surface area contributed by atoms with Gasteiger partial charge in [-0.3, -0.25) is 0 Å². The molecule has 90 valence electrons.